The molecule has 34 heavy (non-hydrogen) atoms. The smallest absolute Gasteiger partial charge is 0.376 e. The van der Waals surface area contributed by atoms with Crippen LogP contribution in [-0.4, -0.2) is 31.6 Å². The summed E-state index contributed by atoms with van der Waals surface area (Å²) in [7, 11) is -3.57. The number of anilines is 1. The van der Waals surface area contributed by atoms with E-state index in [0.717, 1.165) is 12.8 Å². The van der Waals surface area contributed by atoms with Crippen LogP contribution in [0, 0.1) is 5.92 Å². The van der Waals surface area contributed by atoms with Gasteiger partial charge >= 0.3 is 6.18 Å². The number of halogens is 3. The van der Waals surface area contributed by atoms with Gasteiger partial charge in [0.15, 0.2) is 5.60 Å². The van der Waals surface area contributed by atoms with Crippen LogP contribution in [0.25, 0.3) is 0 Å². The maximum absolute atomic E-state index is 13.8. The van der Waals surface area contributed by atoms with Crippen LogP contribution in [0.5, 0.6) is 0 Å². The Morgan fingerprint density at radius 2 is 1.53 bits per heavy atom. The van der Waals surface area contributed by atoms with Crippen LogP contribution >= 0.6 is 0 Å². The second-order valence-electron chi connectivity index (χ2n) is 9.09. The summed E-state index contributed by atoms with van der Waals surface area (Å²) < 4.78 is 68.4. The van der Waals surface area contributed by atoms with Gasteiger partial charge < -0.3 is 10.4 Å². The normalized spacial score (nSPS) is 19.1. The Bertz CT molecular complexity index is 1120. The van der Waals surface area contributed by atoms with Gasteiger partial charge in [0.25, 0.3) is 0 Å². The number of sulfonamides is 1. The minimum Gasteiger partial charge on any atom is -0.376 e. The molecule has 1 amide bonds. The van der Waals surface area contributed by atoms with E-state index in [1.165, 1.54) is 36.4 Å². The maximum Gasteiger partial charge on any atom is 0.421 e. The molecule has 184 valence electrons. The third-order valence-electron chi connectivity index (χ3n) is 6.48. The Labute approximate surface area is 196 Å². The molecule has 2 aliphatic carbocycles. The van der Waals surface area contributed by atoms with E-state index in [9.17, 15) is 31.5 Å². The molecule has 2 saturated carbocycles. The second kappa shape index (κ2) is 9.31. The lowest BCUT2D eigenvalue weighted by atomic mass is 9.79. The quantitative estimate of drug-likeness (QED) is 0.509. The Morgan fingerprint density at radius 1 is 0.941 bits per heavy atom. The molecule has 2 aromatic rings. The molecule has 1 atom stereocenters. The topological polar surface area (TPSA) is 95.5 Å². The van der Waals surface area contributed by atoms with Gasteiger partial charge in [-0.1, -0.05) is 37.1 Å². The van der Waals surface area contributed by atoms with Crippen molar-refractivity contribution in [3.05, 3.63) is 59.7 Å². The number of benzene rings is 2. The van der Waals surface area contributed by atoms with Crippen molar-refractivity contribution in [1.29, 1.82) is 0 Å². The van der Waals surface area contributed by atoms with Gasteiger partial charge in [-0.3, -0.25) is 4.79 Å². The van der Waals surface area contributed by atoms with Crippen molar-refractivity contribution in [3.63, 3.8) is 0 Å². The molecule has 2 aliphatic rings. The third-order valence-corrected chi connectivity index (χ3v) is 8.02. The Balaban J connectivity index is 1.40. The van der Waals surface area contributed by atoms with Crippen molar-refractivity contribution < 1.29 is 31.5 Å². The van der Waals surface area contributed by atoms with Crippen molar-refractivity contribution in [1.82, 2.24) is 4.72 Å². The number of carbonyl (C=O) groups is 1. The van der Waals surface area contributed by atoms with Crippen LogP contribution in [0.15, 0.2) is 53.4 Å². The van der Waals surface area contributed by atoms with Gasteiger partial charge in [-0.2, -0.15) is 13.2 Å². The van der Waals surface area contributed by atoms with E-state index in [1.54, 1.807) is 12.1 Å². The first-order valence-corrected chi connectivity index (χ1v) is 12.8. The van der Waals surface area contributed by atoms with Crippen LogP contribution in [0.2, 0.25) is 0 Å². The van der Waals surface area contributed by atoms with Crippen LogP contribution in [0.1, 0.15) is 49.7 Å². The summed E-state index contributed by atoms with van der Waals surface area (Å²) in [5.74, 6) is -1.29. The van der Waals surface area contributed by atoms with E-state index >= 15 is 0 Å². The second-order valence-corrected chi connectivity index (χ2v) is 10.8. The summed E-state index contributed by atoms with van der Waals surface area (Å²) in [5.41, 5.74) is -2.26. The minimum absolute atomic E-state index is 0.00729. The highest BCUT2D eigenvalue weighted by Crippen LogP contribution is 2.50. The molecule has 0 spiro atoms. The lowest BCUT2D eigenvalue weighted by molar-refractivity contribution is -0.286. The molecule has 4 rings (SSSR count). The average molecular weight is 497 g/mol. The van der Waals surface area contributed by atoms with E-state index < -0.39 is 33.6 Å². The fourth-order valence-electron chi connectivity index (χ4n) is 4.45. The summed E-state index contributed by atoms with van der Waals surface area (Å²) in [6.07, 6.45) is -1.25. The zero-order chi connectivity index (χ0) is 24.6. The molecular formula is C24H27F3N2O4S. The molecule has 2 fully saturated rings. The van der Waals surface area contributed by atoms with Crippen LogP contribution in [0.3, 0.4) is 0 Å². The number of aliphatic hydroxyl groups is 1. The Morgan fingerprint density at radius 3 is 2.06 bits per heavy atom. The standard InChI is InChI=1S/C24H27F3N2O4S/c25-24(26,27)23(31,17-3-1-2-4-17)18-7-9-19(10-8-18)28-22(30)15-16-5-13-21(14-6-16)34(32,33)29-20-11-12-20/h5-10,13-14,17,20,29,31H,1-4,11-12,15H2,(H,28,30). The summed E-state index contributed by atoms with van der Waals surface area (Å²) in [6.45, 7) is 0. The lowest BCUT2D eigenvalue weighted by Crippen LogP contribution is -2.47. The summed E-state index contributed by atoms with van der Waals surface area (Å²) in [6, 6.07) is 11.1. The molecule has 0 aromatic heterocycles. The van der Waals surface area contributed by atoms with Gasteiger partial charge in [-0.05, 0) is 61.1 Å². The third kappa shape index (κ3) is 5.29. The molecule has 2 aromatic carbocycles. The van der Waals surface area contributed by atoms with Crippen molar-refractivity contribution in [2.24, 2.45) is 5.92 Å². The van der Waals surface area contributed by atoms with Gasteiger partial charge in [0.05, 0.1) is 11.3 Å². The number of alkyl halides is 3. The SMILES string of the molecule is O=C(Cc1ccc(S(=O)(=O)NC2CC2)cc1)Nc1ccc(C(O)(C2CCCC2)C(F)(F)F)cc1. The van der Waals surface area contributed by atoms with Crippen LogP contribution < -0.4 is 10.0 Å². The molecule has 0 aliphatic heterocycles. The van der Waals surface area contributed by atoms with Crippen molar-refractivity contribution in [2.75, 3.05) is 5.32 Å². The van der Waals surface area contributed by atoms with Gasteiger partial charge in [0.1, 0.15) is 0 Å². The largest absolute Gasteiger partial charge is 0.421 e. The van der Waals surface area contributed by atoms with Gasteiger partial charge in [-0.25, -0.2) is 13.1 Å². The molecule has 6 nitrogen and oxygen atoms in total. The van der Waals surface area contributed by atoms with Crippen LogP contribution in [0.4, 0.5) is 18.9 Å². The number of rotatable bonds is 8. The number of amides is 1. The maximum atomic E-state index is 13.8. The zero-order valence-electron chi connectivity index (χ0n) is 18.4. The predicted molar refractivity (Wildman–Crippen MR) is 120 cm³/mol. The van der Waals surface area contributed by atoms with E-state index in [1.807, 2.05) is 0 Å². The molecule has 3 N–H and O–H groups in total. The molecule has 0 heterocycles. The molecule has 10 heteroatoms. The van der Waals surface area contributed by atoms with Gasteiger partial charge in [0.2, 0.25) is 15.9 Å². The highest BCUT2D eigenvalue weighted by molar-refractivity contribution is 7.89. The zero-order valence-corrected chi connectivity index (χ0v) is 19.3. The van der Waals surface area contributed by atoms with E-state index in [2.05, 4.69) is 10.0 Å². The van der Waals surface area contributed by atoms with Crippen molar-refractivity contribution in [2.45, 2.75) is 67.7 Å². The first kappa shape index (κ1) is 24.7. The van der Waals surface area contributed by atoms with E-state index in [0.29, 0.717) is 36.9 Å². The van der Waals surface area contributed by atoms with Gasteiger partial charge in [-0.15, -0.1) is 0 Å². The molecule has 0 saturated heterocycles. The Kier molecular flexibility index (Phi) is 6.76. The fraction of sp³-hybridized carbons (Fsp3) is 0.458. The van der Waals surface area contributed by atoms with Gasteiger partial charge in [0, 0.05) is 17.6 Å². The number of hydrogen-bond donors (Lipinski definition) is 3. The first-order chi connectivity index (χ1) is 16.0. The fourth-order valence-corrected chi connectivity index (χ4v) is 5.75. The average Bonchev–Trinajstić information content (AvgIpc) is 3.39. The van der Waals surface area contributed by atoms with Crippen molar-refractivity contribution in [3.8, 4) is 0 Å². The molecule has 0 radical (unpaired) electrons. The number of hydrogen-bond acceptors (Lipinski definition) is 4. The highest BCUT2D eigenvalue weighted by atomic mass is 32.2. The molecule has 1 unspecified atom stereocenters. The predicted octanol–water partition coefficient (Wildman–Crippen LogP) is 4.25. The molecular weight excluding hydrogens is 469 g/mol. The highest BCUT2D eigenvalue weighted by Gasteiger charge is 2.59. The minimum atomic E-state index is -4.80. The van der Waals surface area contributed by atoms with E-state index in [-0.39, 0.29) is 22.9 Å². The summed E-state index contributed by atoms with van der Waals surface area (Å²) >= 11 is 0. The van der Waals surface area contributed by atoms with E-state index in [4.69, 9.17) is 0 Å². The number of carbonyl (C=O) groups excluding carboxylic acids is 1. The molecule has 0 bridgehead atoms. The Hall–Kier alpha value is -2.43. The first-order valence-electron chi connectivity index (χ1n) is 11.3. The number of nitrogens with one attached hydrogen (secondary N) is 2. The van der Waals surface area contributed by atoms with Crippen molar-refractivity contribution >= 4 is 21.6 Å². The summed E-state index contributed by atoms with van der Waals surface area (Å²) in [5, 5.41) is 13.3. The lowest BCUT2D eigenvalue weighted by Gasteiger charge is -2.36. The van der Waals surface area contributed by atoms with Crippen LogP contribution in [-0.2, 0) is 26.8 Å². The monoisotopic (exact) mass is 496 g/mol. The summed E-state index contributed by atoms with van der Waals surface area (Å²) in [4.78, 5) is 12.5.